The molecule has 0 amide bonds. The van der Waals surface area contributed by atoms with Crippen molar-refractivity contribution in [2.24, 2.45) is 0 Å². The smallest absolute Gasteiger partial charge is 0.799 e. The maximum Gasteiger partial charge on any atom is 2.00 e. The van der Waals surface area contributed by atoms with Gasteiger partial charge in [-0.3, -0.25) is 0 Å². The van der Waals surface area contributed by atoms with E-state index in [2.05, 4.69) is 27.7 Å². The quantitative estimate of drug-likeness (QED) is 0.0650. The largest absolute Gasteiger partial charge is 2.00 e. The maximum absolute atomic E-state index is 11.7. The Labute approximate surface area is 231 Å². The molecule has 0 fully saturated rings. The summed E-state index contributed by atoms with van der Waals surface area (Å²) in [6, 6.07) is 0. The predicted molar refractivity (Wildman–Crippen MR) is 150 cm³/mol. The summed E-state index contributed by atoms with van der Waals surface area (Å²) in [5.74, 6) is 0. The Morgan fingerprint density at radius 2 is 0.543 bits per heavy atom. The molecule has 0 aliphatic carbocycles. The van der Waals surface area contributed by atoms with E-state index in [0.717, 1.165) is 51.4 Å². The van der Waals surface area contributed by atoms with Gasteiger partial charge in [0, 0.05) is 14.7 Å². The first-order valence-corrected chi connectivity index (χ1v) is 18.8. The average Bonchev–Trinajstić information content (AvgIpc) is 2.79. The summed E-state index contributed by atoms with van der Waals surface area (Å²) < 4.78 is 23.4. The van der Waals surface area contributed by atoms with Gasteiger partial charge in [-0.1, -0.05) is 130 Å². The zero-order chi connectivity index (χ0) is 26.0. The summed E-state index contributed by atoms with van der Waals surface area (Å²) in [5.41, 5.74) is 0. The second kappa shape index (κ2) is 29.5. The minimum Gasteiger partial charge on any atom is -0.799 e. The topological polar surface area (TPSA) is 80.3 Å². The molecule has 214 valence electrons. The summed E-state index contributed by atoms with van der Waals surface area (Å²) in [6.45, 7) is 8.70. The Hall–Kier alpha value is 0.899. The number of unbranched alkanes of at least 4 members (excludes halogenated alkanes) is 16. The first-order chi connectivity index (χ1) is 16.2. The fourth-order valence-corrected chi connectivity index (χ4v) is 7.32. The molecule has 0 aromatic carbocycles. The van der Waals surface area contributed by atoms with Crippen LogP contribution in [0.25, 0.3) is 0 Å². The first kappa shape index (κ1) is 40.4. The molecule has 0 rings (SSSR count). The van der Waals surface area contributed by atoms with Gasteiger partial charge in [0.1, 0.15) is 0 Å². The molecule has 0 N–H and O–H groups in total. The Morgan fingerprint density at radius 1 is 0.371 bits per heavy atom. The Bertz CT molecular complexity index is 423. The third kappa shape index (κ3) is 34.9. The van der Waals surface area contributed by atoms with Crippen molar-refractivity contribution in [3.8, 4) is 0 Å². The standard InChI is InChI=1S/2C14H31O2P.Fe/c2*1-3-5-7-9-11-13-17(15,16)14-12-10-8-6-4-2;/h2*3-14H2,1-2H3,(H,15,16);/q;;+2/p-2. The van der Waals surface area contributed by atoms with Crippen LogP contribution in [0, 0.1) is 0 Å². The van der Waals surface area contributed by atoms with E-state index < -0.39 is 14.7 Å². The van der Waals surface area contributed by atoms with E-state index in [1.165, 1.54) is 77.0 Å². The van der Waals surface area contributed by atoms with Crippen LogP contribution in [0.4, 0.5) is 0 Å². The van der Waals surface area contributed by atoms with Crippen molar-refractivity contribution >= 4 is 14.7 Å². The molecule has 0 aromatic rings. The number of hydrogen-bond acceptors (Lipinski definition) is 4. The van der Waals surface area contributed by atoms with Gasteiger partial charge in [-0.2, -0.15) is 0 Å². The van der Waals surface area contributed by atoms with Gasteiger partial charge < -0.3 is 18.9 Å². The molecule has 0 heterocycles. The van der Waals surface area contributed by atoms with Crippen molar-refractivity contribution in [2.45, 2.75) is 156 Å². The number of rotatable bonds is 24. The van der Waals surface area contributed by atoms with Crippen molar-refractivity contribution in [3.05, 3.63) is 0 Å². The predicted octanol–water partition coefficient (Wildman–Crippen LogP) is 9.13. The molecule has 7 heteroatoms. The van der Waals surface area contributed by atoms with E-state index in [1.807, 2.05) is 0 Å². The Kier molecular flexibility index (Phi) is 34.0. The third-order valence-electron chi connectivity index (χ3n) is 6.41. The fourth-order valence-electron chi connectivity index (χ4n) is 4.05. The van der Waals surface area contributed by atoms with Crippen molar-refractivity contribution in [3.63, 3.8) is 0 Å². The van der Waals surface area contributed by atoms with Gasteiger partial charge >= 0.3 is 17.1 Å². The second-order valence-electron chi connectivity index (χ2n) is 10.2. The Balaban J connectivity index is -0.000000569. The molecular weight excluding hydrogens is 518 g/mol. The van der Waals surface area contributed by atoms with Crippen molar-refractivity contribution in [2.75, 3.05) is 24.6 Å². The molecule has 0 aromatic heterocycles. The van der Waals surface area contributed by atoms with Crippen molar-refractivity contribution in [1.29, 1.82) is 0 Å². The average molecular weight is 579 g/mol. The van der Waals surface area contributed by atoms with Crippen LogP contribution < -0.4 is 9.79 Å². The van der Waals surface area contributed by atoms with Gasteiger partial charge in [-0.05, 0) is 50.3 Å². The van der Waals surface area contributed by atoms with Crippen LogP contribution in [-0.2, 0) is 26.2 Å². The monoisotopic (exact) mass is 578 g/mol. The SMILES string of the molecule is CCCCCCCP(=O)([O-])CCCCCCC.CCCCCCCP(=O)([O-])CCCCCCC.[Fe+2]. The van der Waals surface area contributed by atoms with Crippen molar-refractivity contribution < 1.29 is 36.0 Å². The molecule has 0 atom stereocenters. The van der Waals surface area contributed by atoms with E-state index in [0.29, 0.717) is 24.6 Å². The zero-order valence-electron chi connectivity index (χ0n) is 23.9. The second-order valence-corrected chi connectivity index (χ2v) is 15.2. The van der Waals surface area contributed by atoms with Gasteiger partial charge in [-0.15, -0.1) is 0 Å². The number of hydrogen-bond donors (Lipinski definition) is 0. The summed E-state index contributed by atoms with van der Waals surface area (Å²) in [4.78, 5) is 23.4. The van der Waals surface area contributed by atoms with Gasteiger partial charge in [0.05, 0.1) is 0 Å². The van der Waals surface area contributed by atoms with E-state index in [-0.39, 0.29) is 17.1 Å². The van der Waals surface area contributed by atoms with E-state index in [9.17, 15) is 18.9 Å². The summed E-state index contributed by atoms with van der Waals surface area (Å²) in [5, 5.41) is 0. The minimum absolute atomic E-state index is 0. The molecule has 0 spiro atoms. The molecule has 0 unspecified atom stereocenters. The third-order valence-corrected chi connectivity index (χ3v) is 10.4. The minimum atomic E-state index is -3.04. The molecule has 4 nitrogen and oxygen atoms in total. The van der Waals surface area contributed by atoms with E-state index >= 15 is 0 Å². The van der Waals surface area contributed by atoms with E-state index in [4.69, 9.17) is 0 Å². The molecule has 0 aliphatic rings. The van der Waals surface area contributed by atoms with Crippen LogP contribution in [0.5, 0.6) is 0 Å². The zero-order valence-corrected chi connectivity index (χ0v) is 26.7. The Morgan fingerprint density at radius 3 is 0.714 bits per heavy atom. The molecule has 0 aliphatic heterocycles. The molecule has 0 saturated heterocycles. The first-order valence-electron chi connectivity index (χ1n) is 14.8. The van der Waals surface area contributed by atoms with Crippen LogP contribution >= 0.6 is 14.7 Å². The van der Waals surface area contributed by atoms with Crippen LogP contribution in [0.2, 0.25) is 0 Å². The normalized spacial score (nSPS) is 11.6. The summed E-state index contributed by atoms with van der Waals surface area (Å²) in [6.07, 6.45) is 24.1. The van der Waals surface area contributed by atoms with Crippen LogP contribution in [0.3, 0.4) is 0 Å². The van der Waals surface area contributed by atoms with Gasteiger partial charge in [0.2, 0.25) is 0 Å². The molecule has 0 bridgehead atoms. The fraction of sp³-hybridized carbons (Fsp3) is 1.00. The van der Waals surface area contributed by atoms with E-state index in [1.54, 1.807) is 0 Å². The van der Waals surface area contributed by atoms with Crippen LogP contribution in [-0.4, -0.2) is 24.6 Å². The summed E-state index contributed by atoms with van der Waals surface area (Å²) in [7, 11) is -6.08. The van der Waals surface area contributed by atoms with Crippen LogP contribution in [0.1, 0.15) is 156 Å². The van der Waals surface area contributed by atoms with Crippen molar-refractivity contribution in [1.82, 2.24) is 0 Å². The van der Waals surface area contributed by atoms with Gasteiger partial charge in [0.25, 0.3) is 0 Å². The molecule has 0 saturated carbocycles. The van der Waals surface area contributed by atoms with Gasteiger partial charge in [-0.25, -0.2) is 0 Å². The molecule has 35 heavy (non-hydrogen) atoms. The van der Waals surface area contributed by atoms with Crippen LogP contribution in [0.15, 0.2) is 0 Å². The molecule has 0 radical (unpaired) electrons. The maximum atomic E-state index is 11.7. The molecular formula is C28H60FeO4P2. The van der Waals surface area contributed by atoms with Gasteiger partial charge in [0.15, 0.2) is 0 Å². The summed E-state index contributed by atoms with van der Waals surface area (Å²) >= 11 is 0.